The number of likely N-dealkylation sites (tertiary alicyclic amines) is 1. The Morgan fingerprint density at radius 3 is 3.04 bits per heavy atom. The third-order valence-electron chi connectivity index (χ3n) is 4.10. The van der Waals surface area contributed by atoms with Crippen LogP contribution in [0.3, 0.4) is 0 Å². The molecule has 2 rings (SSSR count). The van der Waals surface area contributed by atoms with Crippen LogP contribution in [-0.4, -0.2) is 54.5 Å². The molecule has 6 heteroatoms. The monoisotopic (exact) mass is 350 g/mol. The number of carbonyl (C=O) groups is 2. The quantitative estimate of drug-likeness (QED) is 0.534. The van der Waals surface area contributed by atoms with Crippen LogP contribution in [0.2, 0.25) is 0 Å². The van der Waals surface area contributed by atoms with Crippen LogP contribution in [0.1, 0.15) is 24.6 Å². The molecule has 1 unspecified atom stereocenters. The molecule has 1 atom stereocenters. The second-order valence-corrected chi connectivity index (χ2v) is 7.00. The Kier molecular flexibility index (Phi) is 7.46. The molecular weight excluding hydrogens is 324 g/mol. The molecule has 1 amide bonds. The Balaban J connectivity index is 1.90. The summed E-state index contributed by atoms with van der Waals surface area (Å²) in [7, 11) is 0. The van der Waals surface area contributed by atoms with Crippen molar-refractivity contribution in [2.45, 2.75) is 26.3 Å². The third kappa shape index (κ3) is 5.46. The van der Waals surface area contributed by atoms with Gasteiger partial charge in [-0.05, 0) is 31.2 Å². The van der Waals surface area contributed by atoms with Gasteiger partial charge in [-0.3, -0.25) is 14.5 Å². The summed E-state index contributed by atoms with van der Waals surface area (Å²) in [5.74, 6) is -0.299. The molecular formula is C18H26N2O3S. The Morgan fingerprint density at radius 2 is 2.38 bits per heavy atom. The lowest BCUT2D eigenvalue weighted by molar-refractivity contribution is -0.151. The van der Waals surface area contributed by atoms with Crippen molar-refractivity contribution in [2.24, 2.45) is 5.92 Å². The highest BCUT2D eigenvalue weighted by Crippen LogP contribution is 2.19. The number of esters is 1. The van der Waals surface area contributed by atoms with Crippen LogP contribution in [0.15, 0.2) is 30.2 Å². The van der Waals surface area contributed by atoms with E-state index in [9.17, 15) is 9.59 Å². The molecule has 1 fully saturated rings. The summed E-state index contributed by atoms with van der Waals surface area (Å²) in [4.78, 5) is 29.7. The van der Waals surface area contributed by atoms with E-state index >= 15 is 0 Å². The zero-order valence-electron chi connectivity index (χ0n) is 14.3. The number of hydrogen-bond donors (Lipinski definition) is 0. The predicted molar refractivity (Wildman–Crippen MR) is 95.7 cm³/mol. The lowest BCUT2D eigenvalue weighted by Gasteiger charge is -2.33. The Hall–Kier alpha value is -1.66. The van der Waals surface area contributed by atoms with Crippen LogP contribution in [0.5, 0.6) is 0 Å². The van der Waals surface area contributed by atoms with Gasteiger partial charge in [0, 0.05) is 31.1 Å². The van der Waals surface area contributed by atoms with Gasteiger partial charge in [-0.15, -0.1) is 17.9 Å². The average Bonchev–Trinajstić information content (AvgIpc) is 3.08. The third-order valence-corrected chi connectivity index (χ3v) is 4.96. The molecule has 0 aliphatic carbocycles. The SMILES string of the molecule is C=CCN(CC(=O)N1CCCC(C(=O)OCC)C1)Cc1cccs1. The fourth-order valence-electron chi connectivity index (χ4n) is 2.94. The molecule has 1 aliphatic heterocycles. The maximum atomic E-state index is 12.6. The normalized spacial score (nSPS) is 17.8. The van der Waals surface area contributed by atoms with Gasteiger partial charge in [-0.1, -0.05) is 12.1 Å². The molecule has 24 heavy (non-hydrogen) atoms. The summed E-state index contributed by atoms with van der Waals surface area (Å²) in [6.07, 6.45) is 3.47. The van der Waals surface area contributed by atoms with E-state index in [0.717, 1.165) is 25.9 Å². The van der Waals surface area contributed by atoms with Crippen molar-refractivity contribution in [2.75, 3.05) is 32.8 Å². The first-order valence-electron chi connectivity index (χ1n) is 8.44. The molecule has 0 N–H and O–H groups in total. The van der Waals surface area contributed by atoms with E-state index in [1.54, 1.807) is 23.2 Å². The Bertz CT molecular complexity index is 544. The van der Waals surface area contributed by atoms with E-state index in [1.165, 1.54) is 4.88 Å². The van der Waals surface area contributed by atoms with E-state index in [-0.39, 0.29) is 17.8 Å². The van der Waals surface area contributed by atoms with Crippen molar-refractivity contribution < 1.29 is 14.3 Å². The number of rotatable bonds is 8. The van der Waals surface area contributed by atoms with Crippen LogP contribution in [0.25, 0.3) is 0 Å². The summed E-state index contributed by atoms with van der Waals surface area (Å²) in [6, 6.07) is 4.09. The van der Waals surface area contributed by atoms with Gasteiger partial charge in [0.1, 0.15) is 0 Å². The second-order valence-electron chi connectivity index (χ2n) is 5.97. The van der Waals surface area contributed by atoms with Crippen LogP contribution in [0, 0.1) is 5.92 Å². The lowest BCUT2D eigenvalue weighted by atomic mass is 9.98. The zero-order valence-corrected chi connectivity index (χ0v) is 15.1. The first-order valence-corrected chi connectivity index (χ1v) is 9.32. The smallest absolute Gasteiger partial charge is 0.310 e. The van der Waals surface area contributed by atoms with Crippen LogP contribution in [0.4, 0.5) is 0 Å². The summed E-state index contributed by atoms with van der Waals surface area (Å²) >= 11 is 1.69. The fourth-order valence-corrected chi connectivity index (χ4v) is 3.68. The molecule has 0 spiro atoms. The molecule has 1 saturated heterocycles. The number of thiophene rings is 1. The first kappa shape index (κ1) is 18.7. The number of amides is 1. The Labute approximate surface area is 147 Å². The van der Waals surface area contributed by atoms with Gasteiger partial charge in [0.25, 0.3) is 0 Å². The molecule has 0 aromatic carbocycles. The predicted octanol–water partition coefficient (Wildman–Crippen LogP) is 2.54. The van der Waals surface area contributed by atoms with Gasteiger partial charge < -0.3 is 9.64 Å². The van der Waals surface area contributed by atoms with Crippen LogP contribution >= 0.6 is 11.3 Å². The summed E-state index contributed by atoms with van der Waals surface area (Å²) in [5.41, 5.74) is 0. The van der Waals surface area contributed by atoms with Crippen molar-refractivity contribution in [1.82, 2.24) is 9.80 Å². The van der Waals surface area contributed by atoms with Crippen LogP contribution < -0.4 is 0 Å². The molecule has 1 aliphatic rings. The molecule has 1 aromatic heterocycles. The number of ether oxygens (including phenoxy) is 1. The van der Waals surface area contributed by atoms with Gasteiger partial charge in [0.05, 0.1) is 19.1 Å². The van der Waals surface area contributed by atoms with Crippen molar-refractivity contribution in [1.29, 1.82) is 0 Å². The van der Waals surface area contributed by atoms with E-state index in [0.29, 0.717) is 26.2 Å². The minimum Gasteiger partial charge on any atom is -0.466 e. The fraction of sp³-hybridized carbons (Fsp3) is 0.556. The van der Waals surface area contributed by atoms with Gasteiger partial charge >= 0.3 is 5.97 Å². The van der Waals surface area contributed by atoms with E-state index in [2.05, 4.69) is 17.5 Å². The van der Waals surface area contributed by atoms with E-state index < -0.39 is 0 Å². The highest BCUT2D eigenvalue weighted by Gasteiger charge is 2.29. The van der Waals surface area contributed by atoms with Crippen molar-refractivity contribution >= 4 is 23.2 Å². The van der Waals surface area contributed by atoms with Crippen molar-refractivity contribution in [3.8, 4) is 0 Å². The van der Waals surface area contributed by atoms with E-state index in [4.69, 9.17) is 4.74 Å². The molecule has 0 radical (unpaired) electrons. The second kappa shape index (κ2) is 9.59. The first-order chi connectivity index (χ1) is 11.6. The highest BCUT2D eigenvalue weighted by atomic mass is 32.1. The largest absolute Gasteiger partial charge is 0.466 e. The molecule has 1 aromatic rings. The van der Waals surface area contributed by atoms with Crippen molar-refractivity contribution in [3.05, 3.63) is 35.0 Å². The maximum Gasteiger partial charge on any atom is 0.310 e. The topological polar surface area (TPSA) is 49.9 Å². The molecule has 132 valence electrons. The minimum absolute atomic E-state index is 0.0717. The summed E-state index contributed by atoms with van der Waals surface area (Å²) in [5, 5.41) is 2.04. The number of piperidine rings is 1. The molecule has 2 heterocycles. The molecule has 0 saturated carbocycles. The maximum absolute atomic E-state index is 12.6. The number of hydrogen-bond acceptors (Lipinski definition) is 5. The lowest BCUT2D eigenvalue weighted by Crippen LogP contribution is -2.46. The van der Waals surface area contributed by atoms with Crippen molar-refractivity contribution in [3.63, 3.8) is 0 Å². The van der Waals surface area contributed by atoms with Gasteiger partial charge in [-0.2, -0.15) is 0 Å². The summed E-state index contributed by atoms with van der Waals surface area (Å²) < 4.78 is 5.10. The zero-order chi connectivity index (χ0) is 17.4. The number of nitrogens with zero attached hydrogens (tertiary/aromatic N) is 2. The average molecular weight is 350 g/mol. The summed E-state index contributed by atoms with van der Waals surface area (Å²) in [6.45, 7) is 8.92. The number of carbonyl (C=O) groups excluding carboxylic acids is 2. The Morgan fingerprint density at radius 1 is 1.54 bits per heavy atom. The molecule has 5 nitrogen and oxygen atoms in total. The highest BCUT2D eigenvalue weighted by molar-refractivity contribution is 7.09. The van der Waals surface area contributed by atoms with Gasteiger partial charge in [-0.25, -0.2) is 0 Å². The van der Waals surface area contributed by atoms with Crippen LogP contribution in [-0.2, 0) is 20.9 Å². The standard InChI is InChI=1S/C18H26N2O3S/c1-3-9-19(13-16-8-6-11-24-16)14-17(21)20-10-5-7-15(12-20)18(22)23-4-2/h3,6,8,11,15H,1,4-5,7,9-10,12-14H2,2H3. The minimum atomic E-state index is -0.187. The van der Waals surface area contributed by atoms with Gasteiger partial charge in [0.2, 0.25) is 5.91 Å². The molecule has 0 bridgehead atoms. The van der Waals surface area contributed by atoms with E-state index in [1.807, 2.05) is 17.5 Å². The van der Waals surface area contributed by atoms with Gasteiger partial charge in [0.15, 0.2) is 0 Å².